The zero-order valence-electron chi connectivity index (χ0n) is 14.4. The lowest BCUT2D eigenvalue weighted by atomic mass is 10.1. The van der Waals surface area contributed by atoms with Gasteiger partial charge in [-0.15, -0.1) is 0 Å². The lowest BCUT2D eigenvalue weighted by Crippen LogP contribution is -2.22. The molecule has 3 rings (SSSR count). The molecule has 0 unspecified atom stereocenters. The number of rotatable bonds is 5. The minimum Gasteiger partial charge on any atom is -0.487 e. The maximum atomic E-state index is 12.0. The van der Waals surface area contributed by atoms with Crippen LogP contribution in [0.15, 0.2) is 41.3 Å². The molecule has 1 aliphatic rings. The predicted molar refractivity (Wildman–Crippen MR) is 123 cm³/mol. The average Bonchev–Trinajstić information content (AvgIpc) is 2.88. The number of benzene rings is 2. The van der Waals surface area contributed by atoms with Crippen LogP contribution in [0.4, 0.5) is 4.79 Å². The van der Waals surface area contributed by atoms with Crippen molar-refractivity contribution in [2.45, 2.75) is 6.61 Å². The van der Waals surface area contributed by atoms with Crippen LogP contribution >= 0.6 is 56.9 Å². The van der Waals surface area contributed by atoms with E-state index < -0.39 is 5.97 Å². The van der Waals surface area contributed by atoms with Gasteiger partial charge in [0.05, 0.1) is 17.6 Å². The van der Waals surface area contributed by atoms with Crippen LogP contribution in [-0.4, -0.2) is 34.2 Å². The van der Waals surface area contributed by atoms with Crippen LogP contribution in [0.2, 0.25) is 0 Å². The van der Waals surface area contributed by atoms with Crippen LogP contribution in [0.3, 0.4) is 0 Å². The van der Waals surface area contributed by atoms with E-state index in [9.17, 15) is 14.4 Å². The molecule has 9 heteroatoms. The summed E-state index contributed by atoms with van der Waals surface area (Å²) < 4.78 is 7.65. The van der Waals surface area contributed by atoms with Gasteiger partial charge in [0, 0.05) is 7.05 Å². The van der Waals surface area contributed by atoms with Gasteiger partial charge < -0.3 is 9.84 Å². The van der Waals surface area contributed by atoms with Crippen molar-refractivity contribution in [1.82, 2.24) is 4.90 Å². The number of carbonyl (C=O) groups excluding carboxylic acids is 2. The summed E-state index contributed by atoms with van der Waals surface area (Å²) in [7, 11) is 1.46. The van der Waals surface area contributed by atoms with Crippen LogP contribution in [0, 0.1) is 7.14 Å². The third kappa shape index (κ3) is 4.69. The summed E-state index contributed by atoms with van der Waals surface area (Å²) in [6.07, 6.45) is 1.70. The number of aromatic carboxylic acids is 1. The molecule has 1 N–H and O–H groups in total. The van der Waals surface area contributed by atoms with Gasteiger partial charge in [-0.05, 0) is 98.4 Å². The van der Waals surface area contributed by atoms with Gasteiger partial charge in [0.2, 0.25) is 0 Å². The van der Waals surface area contributed by atoms with Gasteiger partial charge in [-0.1, -0.05) is 12.1 Å². The summed E-state index contributed by atoms with van der Waals surface area (Å²) in [4.78, 5) is 36.1. The number of carbonyl (C=O) groups is 3. The summed E-state index contributed by atoms with van der Waals surface area (Å²) in [6, 6.07) is 10.3. The second kappa shape index (κ2) is 8.82. The molecular formula is C19H13I2NO5S. The number of halogens is 2. The van der Waals surface area contributed by atoms with Gasteiger partial charge in [-0.25, -0.2) is 4.79 Å². The molecule has 0 bridgehead atoms. The molecule has 0 atom stereocenters. The number of hydrogen-bond acceptors (Lipinski definition) is 5. The number of carboxylic acids is 1. The SMILES string of the molecule is CN1C(=O)S/C(=C/c2cc(I)c(OCc3ccc(C(=O)O)cc3)c(I)c2)C1=O. The number of likely N-dealkylation sites (N-methyl/N-ethyl adjacent to an activating group) is 1. The molecule has 0 spiro atoms. The fraction of sp³-hybridized carbons (Fsp3) is 0.105. The first-order valence-corrected chi connectivity index (χ1v) is 10.9. The highest BCUT2D eigenvalue weighted by Crippen LogP contribution is 2.34. The van der Waals surface area contributed by atoms with E-state index in [1.165, 1.54) is 7.05 Å². The number of hydrogen-bond donors (Lipinski definition) is 1. The molecule has 144 valence electrons. The maximum absolute atomic E-state index is 12.0. The third-order valence-corrected chi connectivity index (χ3v) is 6.45. The highest BCUT2D eigenvalue weighted by atomic mass is 127. The molecule has 0 radical (unpaired) electrons. The standard InChI is InChI=1S/C19H13I2NO5S/c1-22-17(23)15(28-19(22)26)8-11-6-13(20)16(14(21)7-11)27-9-10-2-4-12(5-3-10)18(24)25/h2-8H,9H2,1H3,(H,24,25)/b15-8+. The zero-order chi connectivity index (χ0) is 20.4. The van der Waals surface area contributed by atoms with E-state index in [4.69, 9.17) is 9.84 Å². The molecule has 2 amide bonds. The molecule has 28 heavy (non-hydrogen) atoms. The fourth-order valence-electron chi connectivity index (χ4n) is 2.40. The molecule has 0 aliphatic carbocycles. The van der Waals surface area contributed by atoms with Crippen molar-refractivity contribution in [2.75, 3.05) is 7.05 Å². The van der Waals surface area contributed by atoms with Crippen molar-refractivity contribution in [3.8, 4) is 5.75 Å². The number of imide groups is 1. The second-order valence-corrected chi connectivity index (χ2v) is 9.16. The van der Waals surface area contributed by atoms with Gasteiger partial charge in [0.1, 0.15) is 12.4 Å². The third-order valence-electron chi connectivity index (χ3n) is 3.89. The number of nitrogens with zero attached hydrogens (tertiary/aromatic N) is 1. The molecule has 2 aromatic carbocycles. The first-order chi connectivity index (χ1) is 13.3. The molecular weight excluding hydrogens is 608 g/mol. The highest BCUT2D eigenvalue weighted by Gasteiger charge is 2.31. The van der Waals surface area contributed by atoms with Crippen molar-refractivity contribution in [1.29, 1.82) is 0 Å². The fourth-order valence-corrected chi connectivity index (χ4v) is 5.35. The van der Waals surface area contributed by atoms with Crippen LogP contribution in [0.5, 0.6) is 5.75 Å². The summed E-state index contributed by atoms with van der Waals surface area (Å²) in [5.74, 6) is -0.553. The van der Waals surface area contributed by atoms with Crippen molar-refractivity contribution in [2.24, 2.45) is 0 Å². The Morgan fingerprint density at radius 1 is 1.18 bits per heavy atom. The molecule has 1 fully saturated rings. The Hall–Kier alpha value is -1.60. The highest BCUT2D eigenvalue weighted by molar-refractivity contribution is 14.1. The minimum absolute atomic E-state index is 0.230. The van der Waals surface area contributed by atoms with Crippen molar-refractivity contribution in [3.05, 3.63) is 65.1 Å². The Morgan fingerprint density at radius 2 is 1.79 bits per heavy atom. The second-order valence-electron chi connectivity index (χ2n) is 5.85. The first-order valence-electron chi connectivity index (χ1n) is 7.92. The van der Waals surface area contributed by atoms with Crippen LogP contribution in [0.1, 0.15) is 21.5 Å². The van der Waals surface area contributed by atoms with Gasteiger partial charge in [0.25, 0.3) is 11.1 Å². The zero-order valence-corrected chi connectivity index (χ0v) is 19.6. The predicted octanol–water partition coefficient (Wildman–Crippen LogP) is 4.84. The van der Waals surface area contributed by atoms with E-state index in [-0.39, 0.29) is 16.7 Å². The molecule has 2 aromatic rings. The normalized spacial score (nSPS) is 15.4. The average molecular weight is 621 g/mol. The van der Waals surface area contributed by atoms with E-state index >= 15 is 0 Å². The van der Waals surface area contributed by atoms with E-state index in [1.807, 2.05) is 12.1 Å². The summed E-state index contributed by atoms with van der Waals surface area (Å²) >= 11 is 5.25. The van der Waals surface area contributed by atoms with Crippen molar-refractivity contribution in [3.63, 3.8) is 0 Å². The summed E-state index contributed by atoms with van der Waals surface area (Å²) in [5.41, 5.74) is 1.90. The molecule has 1 saturated heterocycles. The largest absolute Gasteiger partial charge is 0.487 e. The number of amides is 2. The first kappa shape index (κ1) is 21.1. The Labute approximate surface area is 192 Å². The van der Waals surface area contributed by atoms with Gasteiger partial charge >= 0.3 is 5.97 Å². The molecule has 1 aliphatic heterocycles. The number of thioether (sulfide) groups is 1. The van der Waals surface area contributed by atoms with Crippen molar-refractivity contribution < 1.29 is 24.2 Å². The quantitative estimate of drug-likeness (QED) is 0.381. The van der Waals surface area contributed by atoms with E-state index in [0.29, 0.717) is 17.3 Å². The molecule has 1 heterocycles. The Kier molecular flexibility index (Phi) is 6.65. The summed E-state index contributed by atoms with van der Waals surface area (Å²) in [5, 5.41) is 8.67. The van der Waals surface area contributed by atoms with Crippen LogP contribution in [-0.2, 0) is 11.4 Å². The maximum Gasteiger partial charge on any atom is 0.335 e. The smallest absolute Gasteiger partial charge is 0.335 e. The lowest BCUT2D eigenvalue weighted by Gasteiger charge is -2.12. The van der Waals surface area contributed by atoms with Crippen LogP contribution < -0.4 is 4.74 Å². The van der Waals surface area contributed by atoms with E-state index in [1.54, 1.807) is 30.3 Å². The molecule has 0 saturated carbocycles. The molecule has 0 aromatic heterocycles. The monoisotopic (exact) mass is 621 g/mol. The van der Waals surface area contributed by atoms with Crippen molar-refractivity contribution >= 4 is 80.1 Å². The number of ether oxygens (including phenoxy) is 1. The minimum atomic E-state index is -0.965. The lowest BCUT2D eigenvalue weighted by molar-refractivity contribution is -0.121. The Morgan fingerprint density at radius 3 is 2.29 bits per heavy atom. The number of carboxylic acid groups (broad SMARTS) is 1. The molecule has 6 nitrogen and oxygen atoms in total. The van der Waals surface area contributed by atoms with E-state index in [0.717, 1.165) is 34.9 Å². The van der Waals surface area contributed by atoms with Gasteiger partial charge in [-0.2, -0.15) is 0 Å². The topological polar surface area (TPSA) is 83.9 Å². The summed E-state index contributed by atoms with van der Waals surface area (Å²) in [6.45, 7) is 0.306. The Balaban J connectivity index is 1.76. The van der Waals surface area contributed by atoms with Gasteiger partial charge in [0.15, 0.2) is 0 Å². The van der Waals surface area contributed by atoms with Gasteiger partial charge in [-0.3, -0.25) is 14.5 Å². The van der Waals surface area contributed by atoms with Crippen LogP contribution in [0.25, 0.3) is 6.08 Å². The van der Waals surface area contributed by atoms with E-state index in [2.05, 4.69) is 45.2 Å². The Bertz CT molecular complexity index is 981.